The number of nitrogens with zero attached hydrogens (tertiary/aromatic N) is 3. The van der Waals surface area contributed by atoms with Gasteiger partial charge in [-0.05, 0) is 62.2 Å². The van der Waals surface area contributed by atoms with Crippen LogP contribution in [-0.4, -0.2) is 39.7 Å². The minimum atomic E-state index is 0.239. The summed E-state index contributed by atoms with van der Waals surface area (Å²) in [4.78, 5) is 20.9. The lowest BCUT2D eigenvalue weighted by Gasteiger charge is -2.17. The number of rotatable bonds is 10. The molecule has 0 atom stereocenters. The van der Waals surface area contributed by atoms with Gasteiger partial charge in [0.15, 0.2) is 10.7 Å². The maximum absolute atomic E-state index is 12.7. The Bertz CT molecular complexity index is 1200. The van der Waals surface area contributed by atoms with Gasteiger partial charge in [-0.2, -0.15) is 0 Å². The van der Waals surface area contributed by atoms with Gasteiger partial charge in [-0.15, -0.1) is 0 Å². The van der Waals surface area contributed by atoms with Crippen molar-refractivity contribution in [2.45, 2.75) is 52.9 Å². The van der Waals surface area contributed by atoms with E-state index in [0.29, 0.717) is 12.3 Å². The Labute approximate surface area is 194 Å². The van der Waals surface area contributed by atoms with Crippen molar-refractivity contribution in [2.75, 3.05) is 19.6 Å². The van der Waals surface area contributed by atoms with Gasteiger partial charge < -0.3 is 4.90 Å². The number of carbonyl (C=O) groups excluding carboxylic acids is 1. The number of carbonyl (C=O) groups is 1. The molecule has 2 aromatic heterocycles. The first-order valence-electron chi connectivity index (χ1n) is 11.8. The van der Waals surface area contributed by atoms with E-state index in [4.69, 9.17) is 4.98 Å². The lowest BCUT2D eigenvalue weighted by molar-refractivity contribution is 0.0978. The molecule has 4 rings (SSSR count). The lowest BCUT2D eigenvalue weighted by atomic mass is 10.0. The average Bonchev–Trinajstić information content (AvgIpc) is 3.36. The molecule has 4 aromatic rings. The van der Waals surface area contributed by atoms with Crippen LogP contribution in [0.4, 0.5) is 0 Å². The summed E-state index contributed by atoms with van der Waals surface area (Å²) in [6.07, 6.45) is 4.74. The molecule has 0 saturated carbocycles. The molecule has 4 nitrogen and oxygen atoms in total. The topological polar surface area (TPSA) is 37.6 Å². The van der Waals surface area contributed by atoms with Crippen molar-refractivity contribution in [1.82, 2.24) is 14.3 Å². The van der Waals surface area contributed by atoms with Gasteiger partial charge in [-0.3, -0.25) is 9.20 Å². The summed E-state index contributed by atoms with van der Waals surface area (Å²) >= 11 is 1.65. The third-order valence-corrected chi connectivity index (χ3v) is 7.33. The molecule has 0 spiro atoms. The van der Waals surface area contributed by atoms with E-state index in [-0.39, 0.29) is 5.78 Å². The second-order valence-electron chi connectivity index (χ2n) is 8.75. The van der Waals surface area contributed by atoms with Crippen LogP contribution in [0.5, 0.6) is 0 Å². The molecule has 0 fully saturated rings. The summed E-state index contributed by atoms with van der Waals surface area (Å²) in [6.45, 7) is 12.0. The molecule has 0 saturated heterocycles. The van der Waals surface area contributed by atoms with Gasteiger partial charge in [-0.25, -0.2) is 4.98 Å². The molecule has 0 aliphatic heterocycles. The number of hydrogen-bond acceptors (Lipinski definition) is 4. The highest BCUT2D eigenvalue weighted by atomic mass is 32.1. The fourth-order valence-corrected chi connectivity index (χ4v) is 5.20. The smallest absolute Gasteiger partial charge is 0.195 e. The summed E-state index contributed by atoms with van der Waals surface area (Å²) in [6, 6.07) is 14.8. The molecular formula is C27H33N3OS. The zero-order chi connectivity index (χ0) is 22.7. The first kappa shape index (κ1) is 22.7. The van der Waals surface area contributed by atoms with E-state index < -0.39 is 0 Å². The Balaban J connectivity index is 1.47. The van der Waals surface area contributed by atoms with Crippen molar-refractivity contribution < 1.29 is 4.79 Å². The van der Waals surface area contributed by atoms with Crippen molar-refractivity contribution in [3.63, 3.8) is 0 Å². The molecule has 0 aliphatic rings. The molecular weight excluding hydrogens is 414 g/mol. The average molecular weight is 448 g/mol. The minimum absolute atomic E-state index is 0.239. The number of aromatic nitrogens is 2. The van der Waals surface area contributed by atoms with Gasteiger partial charge in [0.05, 0.1) is 15.9 Å². The fraction of sp³-hybridized carbons (Fsp3) is 0.407. The van der Waals surface area contributed by atoms with Crippen LogP contribution in [0.3, 0.4) is 0 Å². The SMILES string of the molecule is CCN(CC)CCCCC(=O)c1ccc2c(c1)sc1nc(-c3ccc(C(C)C)cc3)cn12. The summed E-state index contributed by atoms with van der Waals surface area (Å²) in [7, 11) is 0. The van der Waals surface area contributed by atoms with Crippen LogP contribution in [-0.2, 0) is 0 Å². The molecule has 0 radical (unpaired) electrons. The van der Waals surface area contributed by atoms with Gasteiger partial charge in [0.1, 0.15) is 0 Å². The number of hydrogen-bond donors (Lipinski definition) is 0. The van der Waals surface area contributed by atoms with Crippen molar-refractivity contribution >= 4 is 32.3 Å². The van der Waals surface area contributed by atoms with Crippen molar-refractivity contribution in [3.05, 3.63) is 59.8 Å². The monoisotopic (exact) mass is 447 g/mol. The van der Waals surface area contributed by atoms with Gasteiger partial charge in [0, 0.05) is 23.7 Å². The highest BCUT2D eigenvalue weighted by Crippen LogP contribution is 2.31. The van der Waals surface area contributed by atoms with Crippen molar-refractivity contribution in [3.8, 4) is 11.3 Å². The maximum atomic E-state index is 12.7. The molecule has 0 aliphatic carbocycles. The molecule has 2 aromatic carbocycles. The van der Waals surface area contributed by atoms with Crippen LogP contribution >= 0.6 is 11.3 Å². The Morgan fingerprint density at radius 2 is 1.81 bits per heavy atom. The second-order valence-corrected chi connectivity index (χ2v) is 9.76. The largest absolute Gasteiger partial charge is 0.304 e. The fourth-order valence-electron chi connectivity index (χ4n) is 4.16. The number of benzene rings is 2. The van der Waals surface area contributed by atoms with E-state index in [9.17, 15) is 4.79 Å². The number of imidazole rings is 1. The summed E-state index contributed by atoms with van der Waals surface area (Å²) < 4.78 is 3.26. The molecule has 32 heavy (non-hydrogen) atoms. The number of ketones is 1. The van der Waals surface area contributed by atoms with Crippen molar-refractivity contribution in [2.24, 2.45) is 0 Å². The van der Waals surface area contributed by atoms with E-state index in [0.717, 1.165) is 64.5 Å². The molecule has 168 valence electrons. The van der Waals surface area contributed by atoms with Crippen molar-refractivity contribution in [1.29, 1.82) is 0 Å². The predicted octanol–water partition coefficient (Wildman–Crippen LogP) is 7.03. The number of fused-ring (bicyclic) bond motifs is 3. The van der Waals surface area contributed by atoms with E-state index in [1.54, 1.807) is 11.3 Å². The third-order valence-electron chi connectivity index (χ3n) is 6.31. The first-order chi connectivity index (χ1) is 15.5. The zero-order valence-electron chi connectivity index (χ0n) is 19.6. The highest BCUT2D eigenvalue weighted by molar-refractivity contribution is 7.23. The summed E-state index contributed by atoms with van der Waals surface area (Å²) in [5.41, 5.74) is 5.39. The quantitative estimate of drug-likeness (QED) is 0.193. The summed E-state index contributed by atoms with van der Waals surface area (Å²) in [5, 5.41) is 0. The molecule has 2 heterocycles. The normalized spacial score (nSPS) is 11.9. The zero-order valence-corrected chi connectivity index (χ0v) is 20.4. The van der Waals surface area contributed by atoms with Crippen LogP contribution in [0.1, 0.15) is 68.8 Å². The number of Topliss-reactive ketones (excluding diaryl/α,β-unsaturated/α-hetero) is 1. The lowest BCUT2D eigenvalue weighted by Crippen LogP contribution is -2.24. The molecule has 0 bridgehead atoms. The number of unbranched alkanes of at least 4 members (excludes halogenated alkanes) is 1. The van der Waals surface area contributed by atoms with Gasteiger partial charge in [0.25, 0.3) is 0 Å². The molecule has 0 N–H and O–H groups in total. The third kappa shape index (κ3) is 4.79. The van der Waals surface area contributed by atoms with Crippen LogP contribution in [0, 0.1) is 0 Å². The predicted molar refractivity (Wildman–Crippen MR) is 136 cm³/mol. The standard InChI is InChI=1S/C27H33N3OS/c1-5-29(6-2)16-8-7-9-25(31)22-14-15-24-26(17-22)32-27-28-23(18-30(24)27)21-12-10-20(11-13-21)19(3)4/h10-15,17-19H,5-9,16H2,1-4H3. The van der Waals surface area contributed by atoms with E-state index in [1.165, 1.54) is 5.56 Å². The molecule has 0 amide bonds. The minimum Gasteiger partial charge on any atom is -0.304 e. The number of thiazole rings is 1. The Morgan fingerprint density at radius 1 is 1.06 bits per heavy atom. The molecule has 5 heteroatoms. The van der Waals surface area contributed by atoms with Crippen LogP contribution < -0.4 is 0 Å². The highest BCUT2D eigenvalue weighted by Gasteiger charge is 2.13. The first-order valence-corrected chi connectivity index (χ1v) is 12.6. The van der Waals surface area contributed by atoms with Gasteiger partial charge in [-0.1, -0.05) is 63.3 Å². The second kappa shape index (κ2) is 9.97. The van der Waals surface area contributed by atoms with E-state index in [1.807, 2.05) is 12.1 Å². The molecule has 0 unspecified atom stereocenters. The van der Waals surface area contributed by atoms with Crippen LogP contribution in [0.15, 0.2) is 48.7 Å². The Kier molecular flexibility index (Phi) is 7.07. The summed E-state index contributed by atoms with van der Waals surface area (Å²) in [5.74, 6) is 0.765. The van der Waals surface area contributed by atoms with Gasteiger partial charge in [0.2, 0.25) is 0 Å². The van der Waals surface area contributed by atoms with Gasteiger partial charge >= 0.3 is 0 Å². The van der Waals surface area contributed by atoms with E-state index in [2.05, 4.69) is 73.5 Å². The maximum Gasteiger partial charge on any atom is 0.195 e. The van der Waals surface area contributed by atoms with E-state index >= 15 is 0 Å². The Hall–Kier alpha value is -2.50. The van der Waals surface area contributed by atoms with Crippen LogP contribution in [0.2, 0.25) is 0 Å². The van der Waals surface area contributed by atoms with Crippen LogP contribution in [0.25, 0.3) is 26.4 Å². The Morgan fingerprint density at radius 3 is 2.50 bits per heavy atom.